The first-order valence-electron chi connectivity index (χ1n) is 6.42. The lowest BCUT2D eigenvalue weighted by atomic mass is 10.0. The third-order valence-electron chi connectivity index (χ3n) is 2.85. The Bertz CT molecular complexity index is 562. The zero-order chi connectivity index (χ0) is 16.0. The highest BCUT2D eigenvalue weighted by Gasteiger charge is 2.22. The maximum atomic E-state index is 11.7. The average Bonchev–Trinajstić information content (AvgIpc) is 2.42. The number of nitrogens with two attached hydrogens (primary N) is 1. The van der Waals surface area contributed by atoms with Crippen LogP contribution in [0.3, 0.4) is 0 Å². The van der Waals surface area contributed by atoms with E-state index in [1.807, 2.05) is 0 Å². The molecule has 0 aromatic heterocycles. The van der Waals surface area contributed by atoms with Crippen LogP contribution in [0.2, 0.25) is 0 Å². The molecule has 0 bridgehead atoms. The summed E-state index contributed by atoms with van der Waals surface area (Å²) < 4.78 is 0. The molecule has 2 amide bonds. The van der Waals surface area contributed by atoms with Crippen molar-refractivity contribution in [3.8, 4) is 0 Å². The monoisotopic (exact) mass is 290 g/mol. The first-order chi connectivity index (χ1) is 9.81. The highest BCUT2D eigenvalue weighted by Crippen LogP contribution is 2.06. The molecule has 6 heteroatoms. The fraction of sp³-hybridized carbons (Fsp3) is 0.267. The van der Waals surface area contributed by atoms with Crippen molar-refractivity contribution in [2.45, 2.75) is 19.9 Å². The minimum Gasteiger partial charge on any atom is -0.480 e. The molecule has 0 saturated carbocycles. The van der Waals surface area contributed by atoms with E-state index in [1.165, 1.54) is 12.2 Å². The number of carboxylic acid groups (broad SMARTS) is 1. The van der Waals surface area contributed by atoms with E-state index in [-0.39, 0.29) is 5.92 Å². The molecule has 112 valence electrons. The first-order valence-corrected chi connectivity index (χ1v) is 6.42. The number of aliphatic carboxylic acids is 1. The van der Waals surface area contributed by atoms with Gasteiger partial charge in [-0.2, -0.15) is 0 Å². The quantitative estimate of drug-likeness (QED) is 0.679. The number of hydrogen-bond donors (Lipinski definition) is 3. The van der Waals surface area contributed by atoms with Crippen LogP contribution in [0.1, 0.15) is 29.8 Å². The minimum atomic E-state index is -1.07. The number of carboxylic acids is 1. The lowest BCUT2D eigenvalue weighted by molar-refractivity contribution is -0.142. The molecule has 1 aromatic carbocycles. The maximum absolute atomic E-state index is 11.7. The Morgan fingerprint density at radius 1 is 1.19 bits per heavy atom. The molecule has 1 rings (SSSR count). The number of nitrogens with one attached hydrogen (secondary N) is 1. The first kappa shape index (κ1) is 16.4. The predicted octanol–water partition coefficient (Wildman–Crippen LogP) is 1.02. The van der Waals surface area contributed by atoms with Crippen LogP contribution in [0.5, 0.6) is 0 Å². The smallest absolute Gasteiger partial charge is 0.326 e. The molecule has 0 radical (unpaired) electrons. The van der Waals surface area contributed by atoms with Crippen molar-refractivity contribution >= 4 is 23.9 Å². The second kappa shape index (κ2) is 7.23. The summed E-state index contributed by atoms with van der Waals surface area (Å²) in [6.07, 6.45) is 2.77. The molecule has 6 nitrogen and oxygen atoms in total. The summed E-state index contributed by atoms with van der Waals surface area (Å²) in [5.41, 5.74) is 6.20. The Balaban J connectivity index is 2.69. The van der Waals surface area contributed by atoms with Gasteiger partial charge in [-0.25, -0.2) is 4.79 Å². The summed E-state index contributed by atoms with van der Waals surface area (Å²) in [7, 11) is 0. The second-order valence-corrected chi connectivity index (χ2v) is 4.89. The zero-order valence-corrected chi connectivity index (χ0v) is 11.9. The Morgan fingerprint density at radius 3 is 2.19 bits per heavy atom. The van der Waals surface area contributed by atoms with Crippen molar-refractivity contribution in [3.05, 3.63) is 41.5 Å². The van der Waals surface area contributed by atoms with Gasteiger partial charge in [-0.05, 0) is 29.7 Å². The number of primary amides is 1. The van der Waals surface area contributed by atoms with E-state index in [9.17, 15) is 14.4 Å². The Labute approximate surface area is 122 Å². The number of hydrogen-bond acceptors (Lipinski definition) is 3. The van der Waals surface area contributed by atoms with Gasteiger partial charge in [0.1, 0.15) is 6.04 Å². The number of rotatable bonds is 6. The van der Waals surface area contributed by atoms with Crippen molar-refractivity contribution < 1.29 is 19.5 Å². The van der Waals surface area contributed by atoms with E-state index in [2.05, 4.69) is 5.32 Å². The van der Waals surface area contributed by atoms with Gasteiger partial charge in [0, 0.05) is 11.6 Å². The summed E-state index contributed by atoms with van der Waals surface area (Å²) >= 11 is 0. The molecule has 0 saturated heterocycles. The van der Waals surface area contributed by atoms with E-state index >= 15 is 0 Å². The van der Waals surface area contributed by atoms with Crippen LogP contribution in [0.25, 0.3) is 6.08 Å². The van der Waals surface area contributed by atoms with Gasteiger partial charge in [0.15, 0.2) is 0 Å². The largest absolute Gasteiger partial charge is 0.480 e. The van der Waals surface area contributed by atoms with E-state index in [0.29, 0.717) is 11.1 Å². The topological polar surface area (TPSA) is 109 Å². The van der Waals surface area contributed by atoms with E-state index in [4.69, 9.17) is 10.8 Å². The van der Waals surface area contributed by atoms with Crippen LogP contribution < -0.4 is 11.1 Å². The van der Waals surface area contributed by atoms with Crippen molar-refractivity contribution in [1.29, 1.82) is 0 Å². The number of carbonyl (C=O) groups is 3. The fourth-order valence-electron chi connectivity index (χ4n) is 1.65. The van der Waals surface area contributed by atoms with Crippen molar-refractivity contribution in [3.63, 3.8) is 0 Å². The standard InChI is InChI=1S/C15H18N2O4/c1-9(2)13(15(20)21)17-12(18)8-5-10-3-6-11(7-4-10)14(16)19/h3-9,13H,1-2H3,(H2,16,19)(H,17,18)(H,20,21). The number of carbonyl (C=O) groups excluding carboxylic acids is 2. The molecule has 1 unspecified atom stereocenters. The van der Waals surface area contributed by atoms with Crippen molar-refractivity contribution in [2.75, 3.05) is 0 Å². The molecule has 0 heterocycles. The maximum Gasteiger partial charge on any atom is 0.326 e. The van der Waals surface area contributed by atoms with Gasteiger partial charge >= 0.3 is 5.97 Å². The van der Waals surface area contributed by atoms with Crippen LogP contribution in [-0.4, -0.2) is 28.9 Å². The molecule has 4 N–H and O–H groups in total. The van der Waals surface area contributed by atoms with Crippen molar-refractivity contribution in [2.24, 2.45) is 11.7 Å². The summed E-state index contributed by atoms with van der Waals surface area (Å²) in [5, 5.41) is 11.4. The average molecular weight is 290 g/mol. The molecule has 21 heavy (non-hydrogen) atoms. The van der Waals surface area contributed by atoms with E-state index in [0.717, 1.165) is 0 Å². The molecule has 0 aliphatic rings. The molecular weight excluding hydrogens is 272 g/mol. The highest BCUT2D eigenvalue weighted by molar-refractivity contribution is 5.95. The van der Waals surface area contributed by atoms with Gasteiger partial charge in [-0.15, -0.1) is 0 Å². The number of benzene rings is 1. The Kier molecular flexibility index (Phi) is 5.66. The molecule has 0 spiro atoms. The lowest BCUT2D eigenvalue weighted by Crippen LogP contribution is -2.43. The SMILES string of the molecule is CC(C)C(NC(=O)C=Cc1ccc(C(N)=O)cc1)C(=O)O. The van der Waals surface area contributed by atoms with Crippen LogP contribution in [0, 0.1) is 5.92 Å². The molecule has 1 atom stereocenters. The summed E-state index contributed by atoms with van der Waals surface area (Å²) in [6.45, 7) is 3.43. The summed E-state index contributed by atoms with van der Waals surface area (Å²) in [4.78, 5) is 33.6. The van der Waals surface area contributed by atoms with E-state index < -0.39 is 23.8 Å². The van der Waals surface area contributed by atoms with Crippen LogP contribution in [-0.2, 0) is 9.59 Å². The lowest BCUT2D eigenvalue weighted by Gasteiger charge is -2.16. The van der Waals surface area contributed by atoms with Gasteiger partial charge in [0.25, 0.3) is 0 Å². The molecule has 1 aromatic rings. The van der Waals surface area contributed by atoms with Crippen LogP contribution in [0.15, 0.2) is 30.3 Å². The van der Waals surface area contributed by atoms with Gasteiger partial charge in [-0.3, -0.25) is 9.59 Å². The fourth-order valence-corrected chi connectivity index (χ4v) is 1.65. The Hall–Kier alpha value is -2.63. The normalized spacial score (nSPS) is 12.3. The van der Waals surface area contributed by atoms with E-state index in [1.54, 1.807) is 38.1 Å². The minimum absolute atomic E-state index is 0.213. The molecule has 0 aliphatic carbocycles. The van der Waals surface area contributed by atoms with Crippen LogP contribution >= 0.6 is 0 Å². The third kappa shape index (κ3) is 5.10. The molecule has 0 aliphatic heterocycles. The van der Waals surface area contributed by atoms with Gasteiger partial charge < -0.3 is 16.2 Å². The van der Waals surface area contributed by atoms with Crippen LogP contribution in [0.4, 0.5) is 0 Å². The third-order valence-corrected chi connectivity index (χ3v) is 2.85. The predicted molar refractivity (Wildman–Crippen MR) is 78.4 cm³/mol. The zero-order valence-electron chi connectivity index (χ0n) is 11.9. The molecular formula is C15H18N2O4. The number of amides is 2. The summed E-state index contributed by atoms with van der Waals surface area (Å²) in [5.74, 6) is -2.30. The van der Waals surface area contributed by atoms with Gasteiger partial charge in [-0.1, -0.05) is 26.0 Å². The van der Waals surface area contributed by atoms with Gasteiger partial charge in [0.05, 0.1) is 0 Å². The summed E-state index contributed by atoms with van der Waals surface area (Å²) in [6, 6.07) is 5.45. The highest BCUT2D eigenvalue weighted by atomic mass is 16.4. The second-order valence-electron chi connectivity index (χ2n) is 4.89. The molecule has 0 fully saturated rings. The van der Waals surface area contributed by atoms with Gasteiger partial charge in [0.2, 0.25) is 11.8 Å². The Morgan fingerprint density at radius 2 is 1.76 bits per heavy atom. The van der Waals surface area contributed by atoms with Crippen molar-refractivity contribution in [1.82, 2.24) is 5.32 Å².